The molecule has 0 saturated carbocycles. The van der Waals surface area contributed by atoms with Crippen LogP contribution >= 0.6 is 0 Å². The minimum Gasteiger partial charge on any atom is -0.496 e. The van der Waals surface area contributed by atoms with Gasteiger partial charge >= 0.3 is 0 Å². The molecule has 5 heteroatoms. The Hall–Kier alpha value is -1.59. The van der Waals surface area contributed by atoms with Gasteiger partial charge in [0.25, 0.3) is 0 Å². The fraction of sp³-hybridized carbons (Fsp3) is 0.533. The van der Waals surface area contributed by atoms with Crippen LogP contribution < -0.4 is 16.2 Å². The molecular weight excluding hydrogens is 254 g/mol. The zero-order chi connectivity index (χ0) is 14.5. The predicted octanol–water partition coefficient (Wildman–Crippen LogP) is 0.892. The number of primary amides is 1. The van der Waals surface area contributed by atoms with Crippen LogP contribution in [0.1, 0.15) is 24.4 Å². The molecule has 1 saturated heterocycles. The van der Waals surface area contributed by atoms with Gasteiger partial charge in [-0.3, -0.25) is 9.69 Å². The van der Waals surface area contributed by atoms with Crippen molar-refractivity contribution in [3.63, 3.8) is 0 Å². The Balaban J connectivity index is 2.21. The van der Waals surface area contributed by atoms with E-state index in [0.29, 0.717) is 13.1 Å². The Morgan fingerprint density at radius 3 is 2.90 bits per heavy atom. The molecule has 0 aromatic heterocycles. The molecule has 1 aromatic carbocycles. The van der Waals surface area contributed by atoms with E-state index in [4.69, 9.17) is 16.2 Å². The standard InChI is InChI=1S/C15H23N3O2/c1-20-14-7-3-2-6-12(14)13(9-16)18-8-4-5-11(10-18)15(17)19/h2-3,6-7,11,13H,4-5,8-10,16H2,1H3,(H2,17,19). The summed E-state index contributed by atoms with van der Waals surface area (Å²) in [5.74, 6) is 0.544. The van der Waals surface area contributed by atoms with E-state index in [1.165, 1.54) is 0 Å². The molecule has 1 fully saturated rings. The number of piperidine rings is 1. The summed E-state index contributed by atoms with van der Waals surface area (Å²) in [7, 11) is 1.66. The maximum absolute atomic E-state index is 11.4. The number of benzene rings is 1. The lowest BCUT2D eigenvalue weighted by Crippen LogP contribution is -2.44. The van der Waals surface area contributed by atoms with Gasteiger partial charge in [0.2, 0.25) is 5.91 Å². The van der Waals surface area contributed by atoms with Crippen LogP contribution in [0.3, 0.4) is 0 Å². The summed E-state index contributed by atoms with van der Waals surface area (Å²) < 4.78 is 5.42. The van der Waals surface area contributed by atoms with E-state index in [-0.39, 0.29) is 17.9 Å². The molecule has 2 unspecified atom stereocenters. The lowest BCUT2D eigenvalue weighted by atomic mass is 9.94. The summed E-state index contributed by atoms with van der Waals surface area (Å²) in [4.78, 5) is 13.7. The molecule has 1 aromatic rings. The van der Waals surface area contributed by atoms with Crippen molar-refractivity contribution < 1.29 is 9.53 Å². The Morgan fingerprint density at radius 1 is 1.50 bits per heavy atom. The van der Waals surface area contributed by atoms with Crippen molar-refractivity contribution in [3.05, 3.63) is 29.8 Å². The summed E-state index contributed by atoms with van der Waals surface area (Å²) in [6.07, 6.45) is 1.84. The molecule has 4 N–H and O–H groups in total. The Kier molecular flexibility index (Phi) is 4.98. The summed E-state index contributed by atoms with van der Waals surface area (Å²) >= 11 is 0. The second-order valence-electron chi connectivity index (χ2n) is 5.23. The number of para-hydroxylation sites is 1. The van der Waals surface area contributed by atoms with E-state index < -0.39 is 0 Å². The van der Waals surface area contributed by atoms with Gasteiger partial charge in [0.15, 0.2) is 0 Å². The first-order chi connectivity index (χ1) is 9.67. The molecule has 5 nitrogen and oxygen atoms in total. The van der Waals surface area contributed by atoms with Gasteiger partial charge in [-0.05, 0) is 25.5 Å². The maximum Gasteiger partial charge on any atom is 0.221 e. The molecular formula is C15H23N3O2. The van der Waals surface area contributed by atoms with Crippen LogP contribution in [0.2, 0.25) is 0 Å². The topological polar surface area (TPSA) is 81.6 Å². The Bertz CT molecular complexity index is 464. The fourth-order valence-electron chi connectivity index (χ4n) is 2.94. The summed E-state index contributed by atoms with van der Waals surface area (Å²) in [5, 5.41) is 0. The van der Waals surface area contributed by atoms with Crippen LogP contribution in [0.5, 0.6) is 5.75 Å². The van der Waals surface area contributed by atoms with Crippen LogP contribution in [0.15, 0.2) is 24.3 Å². The van der Waals surface area contributed by atoms with Gasteiger partial charge in [-0.25, -0.2) is 0 Å². The number of carbonyl (C=O) groups excluding carboxylic acids is 1. The van der Waals surface area contributed by atoms with Gasteiger partial charge < -0.3 is 16.2 Å². The highest BCUT2D eigenvalue weighted by Gasteiger charge is 2.29. The summed E-state index contributed by atoms with van der Waals surface area (Å²) in [5.41, 5.74) is 12.5. The third-order valence-electron chi connectivity index (χ3n) is 4.02. The molecule has 0 spiro atoms. The highest BCUT2D eigenvalue weighted by atomic mass is 16.5. The van der Waals surface area contributed by atoms with Crippen molar-refractivity contribution in [1.29, 1.82) is 0 Å². The molecule has 1 aliphatic heterocycles. The second-order valence-corrected chi connectivity index (χ2v) is 5.23. The predicted molar refractivity (Wildman–Crippen MR) is 78.3 cm³/mol. The number of ether oxygens (including phenoxy) is 1. The highest BCUT2D eigenvalue weighted by Crippen LogP contribution is 2.31. The van der Waals surface area contributed by atoms with E-state index in [0.717, 1.165) is 30.7 Å². The minimum absolute atomic E-state index is 0.0632. The number of nitrogens with two attached hydrogens (primary N) is 2. The van der Waals surface area contributed by atoms with E-state index in [1.807, 2.05) is 24.3 Å². The van der Waals surface area contributed by atoms with Gasteiger partial charge in [0.1, 0.15) is 5.75 Å². The normalized spacial score (nSPS) is 21.4. The van der Waals surface area contributed by atoms with Crippen LogP contribution in [-0.4, -0.2) is 37.6 Å². The highest BCUT2D eigenvalue weighted by molar-refractivity contribution is 5.76. The van der Waals surface area contributed by atoms with Crippen molar-refractivity contribution in [2.45, 2.75) is 18.9 Å². The molecule has 2 rings (SSSR count). The average Bonchev–Trinajstić information content (AvgIpc) is 2.49. The van der Waals surface area contributed by atoms with Gasteiger partial charge in [-0.1, -0.05) is 18.2 Å². The van der Waals surface area contributed by atoms with Crippen LogP contribution in [0.4, 0.5) is 0 Å². The number of methoxy groups -OCH3 is 1. The Labute approximate surface area is 119 Å². The van der Waals surface area contributed by atoms with Crippen molar-refractivity contribution in [1.82, 2.24) is 4.90 Å². The minimum atomic E-state index is -0.217. The quantitative estimate of drug-likeness (QED) is 0.837. The van der Waals surface area contributed by atoms with Crippen molar-refractivity contribution >= 4 is 5.91 Å². The van der Waals surface area contributed by atoms with Crippen LogP contribution in [0, 0.1) is 5.92 Å². The van der Waals surface area contributed by atoms with Crippen LogP contribution in [-0.2, 0) is 4.79 Å². The second kappa shape index (κ2) is 6.72. The molecule has 0 aliphatic carbocycles. The van der Waals surface area contributed by atoms with Gasteiger partial charge in [0, 0.05) is 18.7 Å². The zero-order valence-electron chi connectivity index (χ0n) is 11.9. The molecule has 1 aliphatic rings. The SMILES string of the molecule is COc1ccccc1C(CN)N1CCCC(C(N)=O)C1. The number of hydrogen-bond donors (Lipinski definition) is 2. The first-order valence-electron chi connectivity index (χ1n) is 7.03. The third-order valence-corrected chi connectivity index (χ3v) is 4.02. The average molecular weight is 277 g/mol. The van der Waals surface area contributed by atoms with E-state index >= 15 is 0 Å². The largest absolute Gasteiger partial charge is 0.496 e. The van der Waals surface area contributed by atoms with Gasteiger partial charge in [0.05, 0.1) is 19.1 Å². The Morgan fingerprint density at radius 2 is 2.25 bits per heavy atom. The lowest BCUT2D eigenvalue weighted by molar-refractivity contribution is -0.123. The number of rotatable bonds is 5. The van der Waals surface area contributed by atoms with Crippen LogP contribution in [0.25, 0.3) is 0 Å². The monoisotopic (exact) mass is 277 g/mol. The number of carbonyl (C=O) groups is 1. The van der Waals surface area contributed by atoms with Crippen molar-refractivity contribution in [2.24, 2.45) is 17.4 Å². The molecule has 2 atom stereocenters. The number of amides is 1. The number of hydrogen-bond acceptors (Lipinski definition) is 4. The number of nitrogens with zero attached hydrogens (tertiary/aromatic N) is 1. The van der Waals surface area contributed by atoms with Gasteiger partial charge in [-0.2, -0.15) is 0 Å². The molecule has 110 valence electrons. The molecule has 0 radical (unpaired) electrons. The molecule has 20 heavy (non-hydrogen) atoms. The molecule has 1 heterocycles. The molecule has 0 bridgehead atoms. The van der Waals surface area contributed by atoms with E-state index in [9.17, 15) is 4.79 Å². The summed E-state index contributed by atoms with van der Waals surface area (Å²) in [6.45, 7) is 2.10. The zero-order valence-corrected chi connectivity index (χ0v) is 11.9. The third kappa shape index (κ3) is 3.11. The van der Waals surface area contributed by atoms with Crippen molar-refractivity contribution in [2.75, 3.05) is 26.7 Å². The maximum atomic E-state index is 11.4. The van der Waals surface area contributed by atoms with Crippen molar-refractivity contribution in [3.8, 4) is 5.75 Å². The van der Waals surface area contributed by atoms with E-state index in [2.05, 4.69) is 4.90 Å². The summed E-state index contributed by atoms with van der Waals surface area (Å²) in [6, 6.07) is 7.96. The smallest absolute Gasteiger partial charge is 0.221 e. The first kappa shape index (κ1) is 14.8. The number of likely N-dealkylation sites (tertiary alicyclic amines) is 1. The lowest BCUT2D eigenvalue weighted by Gasteiger charge is -2.37. The molecule has 1 amide bonds. The fourth-order valence-corrected chi connectivity index (χ4v) is 2.94. The van der Waals surface area contributed by atoms with Gasteiger partial charge in [-0.15, -0.1) is 0 Å². The first-order valence-corrected chi connectivity index (χ1v) is 7.03. The van der Waals surface area contributed by atoms with E-state index in [1.54, 1.807) is 7.11 Å².